The Balaban J connectivity index is 1.34. The van der Waals surface area contributed by atoms with Crippen LogP contribution in [0.25, 0.3) is 32.8 Å². The van der Waals surface area contributed by atoms with Crippen LogP contribution in [0.15, 0.2) is 48.5 Å². The lowest BCUT2D eigenvalue weighted by Gasteiger charge is -2.31. The molecular formula is C34H40N4O4. The van der Waals surface area contributed by atoms with Gasteiger partial charge in [0.15, 0.2) is 6.79 Å². The quantitative estimate of drug-likeness (QED) is 0.241. The summed E-state index contributed by atoms with van der Waals surface area (Å²) < 4.78 is 23.4. The Hall–Kier alpha value is -3.46. The van der Waals surface area contributed by atoms with E-state index in [-0.39, 0.29) is 12.3 Å². The topological polar surface area (TPSA) is 69.2 Å². The van der Waals surface area contributed by atoms with Crippen molar-refractivity contribution in [3.63, 3.8) is 0 Å². The third kappa shape index (κ3) is 5.06. The molecule has 0 N–H and O–H groups in total. The molecule has 0 radical (unpaired) electrons. The lowest BCUT2D eigenvalue weighted by molar-refractivity contribution is 0.0512. The first-order chi connectivity index (χ1) is 20.6. The summed E-state index contributed by atoms with van der Waals surface area (Å²) in [6.07, 6.45) is 5.83. The van der Waals surface area contributed by atoms with E-state index in [1.807, 2.05) is 0 Å². The van der Waals surface area contributed by atoms with Crippen LogP contribution in [-0.2, 0) is 9.47 Å². The smallest absolute Gasteiger partial charge is 0.319 e. The van der Waals surface area contributed by atoms with Crippen molar-refractivity contribution in [1.82, 2.24) is 14.9 Å². The molecule has 8 nitrogen and oxygen atoms in total. The van der Waals surface area contributed by atoms with Gasteiger partial charge in [-0.05, 0) is 97.8 Å². The molecule has 0 amide bonds. The number of rotatable bonds is 8. The lowest BCUT2D eigenvalue weighted by atomic mass is 9.93. The summed E-state index contributed by atoms with van der Waals surface area (Å²) in [5.74, 6) is 1.71. The van der Waals surface area contributed by atoms with Crippen LogP contribution in [0, 0.1) is 6.92 Å². The highest BCUT2D eigenvalue weighted by Gasteiger charge is 2.45. The number of nitrogens with zero attached hydrogens (tertiary/aromatic N) is 4. The molecule has 0 saturated carbocycles. The van der Waals surface area contributed by atoms with Gasteiger partial charge in [-0.1, -0.05) is 30.3 Å². The Bertz CT molecular complexity index is 1570. The molecule has 4 aromatic rings. The van der Waals surface area contributed by atoms with E-state index >= 15 is 0 Å². The van der Waals surface area contributed by atoms with E-state index in [2.05, 4.69) is 65.3 Å². The van der Waals surface area contributed by atoms with Crippen molar-refractivity contribution in [3.05, 3.63) is 54.1 Å². The van der Waals surface area contributed by atoms with Crippen molar-refractivity contribution in [3.8, 4) is 22.9 Å². The van der Waals surface area contributed by atoms with E-state index in [4.69, 9.17) is 28.9 Å². The van der Waals surface area contributed by atoms with Gasteiger partial charge in [-0.2, -0.15) is 9.97 Å². The van der Waals surface area contributed by atoms with E-state index in [0.29, 0.717) is 19.2 Å². The van der Waals surface area contributed by atoms with Crippen LogP contribution in [0.2, 0.25) is 0 Å². The number of hydrogen-bond donors (Lipinski definition) is 0. The van der Waals surface area contributed by atoms with E-state index < -0.39 is 0 Å². The fourth-order valence-corrected chi connectivity index (χ4v) is 7.23. The molecule has 3 aliphatic heterocycles. The zero-order valence-electron chi connectivity index (χ0n) is 24.7. The Morgan fingerprint density at radius 2 is 1.71 bits per heavy atom. The van der Waals surface area contributed by atoms with Crippen LogP contribution in [0.3, 0.4) is 0 Å². The van der Waals surface area contributed by atoms with E-state index in [1.165, 1.54) is 44.2 Å². The molecule has 3 aliphatic rings. The van der Waals surface area contributed by atoms with Crippen LogP contribution in [-0.4, -0.2) is 80.3 Å². The Morgan fingerprint density at radius 3 is 2.57 bits per heavy atom. The molecule has 8 heteroatoms. The maximum absolute atomic E-state index is 6.54. The van der Waals surface area contributed by atoms with E-state index in [1.54, 1.807) is 7.11 Å². The number of aromatic nitrogens is 2. The summed E-state index contributed by atoms with van der Waals surface area (Å²) in [6.45, 7) is 8.51. The van der Waals surface area contributed by atoms with Gasteiger partial charge in [-0.3, -0.25) is 4.90 Å². The van der Waals surface area contributed by atoms with Gasteiger partial charge in [0.05, 0.1) is 17.7 Å². The highest BCUT2D eigenvalue weighted by molar-refractivity contribution is 6.02. The van der Waals surface area contributed by atoms with Crippen LogP contribution >= 0.6 is 0 Å². The predicted molar refractivity (Wildman–Crippen MR) is 166 cm³/mol. The van der Waals surface area contributed by atoms with Crippen molar-refractivity contribution in [2.75, 3.05) is 64.8 Å². The minimum atomic E-state index is 0.132. The highest BCUT2D eigenvalue weighted by atomic mass is 16.7. The summed E-state index contributed by atoms with van der Waals surface area (Å²) in [7, 11) is 1.64. The first kappa shape index (κ1) is 27.4. The van der Waals surface area contributed by atoms with Crippen molar-refractivity contribution < 1.29 is 18.9 Å². The first-order valence-electron chi connectivity index (χ1n) is 15.3. The van der Waals surface area contributed by atoms with Gasteiger partial charge in [-0.15, -0.1) is 0 Å². The number of aryl methyl sites for hydroxylation is 1. The second kappa shape index (κ2) is 11.7. The largest absolute Gasteiger partial charge is 0.468 e. The van der Waals surface area contributed by atoms with Crippen LogP contribution in [0.1, 0.15) is 37.7 Å². The zero-order chi connectivity index (χ0) is 28.5. The summed E-state index contributed by atoms with van der Waals surface area (Å²) in [6, 6.07) is 17.5. The Morgan fingerprint density at radius 1 is 0.857 bits per heavy atom. The molecule has 0 aliphatic carbocycles. The normalized spacial score (nSPS) is 18.9. The molecule has 3 saturated heterocycles. The van der Waals surface area contributed by atoms with Gasteiger partial charge >= 0.3 is 6.01 Å². The molecule has 0 bridgehead atoms. The average molecular weight is 569 g/mol. The fourth-order valence-electron chi connectivity index (χ4n) is 7.23. The summed E-state index contributed by atoms with van der Waals surface area (Å²) in [5.41, 5.74) is 4.39. The molecule has 3 aromatic carbocycles. The number of hydrogen-bond acceptors (Lipinski definition) is 8. The molecule has 0 atom stereocenters. The second-order valence-electron chi connectivity index (χ2n) is 11.9. The SMILES string of the molecule is COCOc1cc(-c2ccc3c(N4CCCOCC4)nc(OCC45CCCN4CCC5)nc3c2C)c2ccccc2c1. The molecule has 0 unspecified atom stereocenters. The summed E-state index contributed by atoms with van der Waals surface area (Å²) >= 11 is 0. The molecule has 7 rings (SSSR count). The van der Waals surface area contributed by atoms with Crippen LogP contribution in [0.4, 0.5) is 5.82 Å². The molecule has 42 heavy (non-hydrogen) atoms. The van der Waals surface area contributed by atoms with Crippen LogP contribution < -0.4 is 14.4 Å². The maximum Gasteiger partial charge on any atom is 0.319 e. The Labute approximate surface area is 247 Å². The molecule has 3 fully saturated rings. The molecule has 0 spiro atoms. The van der Waals surface area contributed by atoms with Gasteiger partial charge in [0, 0.05) is 32.2 Å². The minimum Gasteiger partial charge on any atom is -0.468 e. The number of fused-ring (bicyclic) bond motifs is 3. The molecule has 1 aromatic heterocycles. The number of ether oxygens (including phenoxy) is 4. The number of methoxy groups -OCH3 is 1. The third-order valence-electron chi connectivity index (χ3n) is 9.35. The summed E-state index contributed by atoms with van der Waals surface area (Å²) in [5, 5.41) is 3.33. The molecule has 220 valence electrons. The highest BCUT2D eigenvalue weighted by Crippen LogP contribution is 2.41. The standard InChI is InChI=1S/C34H40N4O4/c1-24-27(30-21-26(42-23-39-2)20-25-8-3-4-9-28(25)30)10-11-29-31(24)35-33(36-32(29)37-14-7-18-40-19-17-37)41-22-34-12-5-15-38(34)16-6-13-34/h3-4,8-11,20-21H,5-7,12-19,22-23H2,1-2H3. The maximum atomic E-state index is 6.54. The van der Waals surface area contributed by atoms with Gasteiger partial charge in [-0.25, -0.2) is 0 Å². The minimum absolute atomic E-state index is 0.132. The Kier molecular flexibility index (Phi) is 7.61. The summed E-state index contributed by atoms with van der Waals surface area (Å²) in [4.78, 5) is 15.1. The number of benzene rings is 3. The van der Waals surface area contributed by atoms with E-state index in [9.17, 15) is 0 Å². The average Bonchev–Trinajstić information content (AvgIpc) is 3.48. The fraction of sp³-hybridized carbons (Fsp3) is 0.471. The first-order valence-corrected chi connectivity index (χ1v) is 15.3. The zero-order valence-corrected chi connectivity index (χ0v) is 24.7. The van der Waals surface area contributed by atoms with Gasteiger partial charge < -0.3 is 23.8 Å². The van der Waals surface area contributed by atoms with Crippen molar-refractivity contribution in [1.29, 1.82) is 0 Å². The van der Waals surface area contributed by atoms with Gasteiger partial charge in [0.2, 0.25) is 0 Å². The van der Waals surface area contributed by atoms with Crippen LogP contribution in [0.5, 0.6) is 11.8 Å². The monoisotopic (exact) mass is 568 g/mol. The van der Waals surface area contributed by atoms with Gasteiger partial charge in [0.1, 0.15) is 18.2 Å². The van der Waals surface area contributed by atoms with Crippen molar-refractivity contribution in [2.45, 2.75) is 44.6 Å². The van der Waals surface area contributed by atoms with E-state index in [0.717, 1.165) is 70.7 Å². The van der Waals surface area contributed by atoms with Gasteiger partial charge in [0.25, 0.3) is 0 Å². The molecule has 4 heterocycles. The third-order valence-corrected chi connectivity index (χ3v) is 9.35. The molecular weight excluding hydrogens is 528 g/mol. The number of anilines is 1. The second-order valence-corrected chi connectivity index (χ2v) is 11.9. The van der Waals surface area contributed by atoms with Crippen molar-refractivity contribution in [2.24, 2.45) is 0 Å². The van der Waals surface area contributed by atoms with Crippen molar-refractivity contribution >= 4 is 27.5 Å². The predicted octanol–water partition coefficient (Wildman–Crippen LogP) is 5.98. The lowest BCUT2D eigenvalue weighted by Crippen LogP contribution is -2.43.